The van der Waals surface area contributed by atoms with Gasteiger partial charge in [0.25, 0.3) is 0 Å². The van der Waals surface area contributed by atoms with Crippen LogP contribution in [-0.4, -0.2) is 29.5 Å². The van der Waals surface area contributed by atoms with Crippen molar-refractivity contribution in [1.82, 2.24) is 0 Å². The predicted molar refractivity (Wildman–Crippen MR) is 77.8 cm³/mol. The first-order valence-corrected chi connectivity index (χ1v) is 6.90. The van der Waals surface area contributed by atoms with Gasteiger partial charge in [-0.15, -0.1) is 0 Å². The lowest BCUT2D eigenvalue weighted by Crippen LogP contribution is -2.24. The van der Waals surface area contributed by atoms with E-state index in [0.29, 0.717) is 12.3 Å². The molecule has 0 fully saturated rings. The average Bonchev–Trinajstić information content (AvgIpc) is 2.37. The summed E-state index contributed by atoms with van der Waals surface area (Å²) in [4.78, 5) is 0. The summed E-state index contributed by atoms with van der Waals surface area (Å²) < 4.78 is 5.37. The number of ether oxygens (including phenoxy) is 1. The molecule has 1 aromatic rings. The SMILES string of the molecule is COc1ccc(C(C)CC(O)C(C)O)cc1C(C)C. The summed E-state index contributed by atoms with van der Waals surface area (Å²) >= 11 is 0. The maximum Gasteiger partial charge on any atom is 0.122 e. The van der Waals surface area contributed by atoms with Gasteiger partial charge in [0.15, 0.2) is 0 Å². The summed E-state index contributed by atoms with van der Waals surface area (Å²) in [5.74, 6) is 1.50. The summed E-state index contributed by atoms with van der Waals surface area (Å²) in [7, 11) is 1.68. The fourth-order valence-corrected chi connectivity index (χ4v) is 2.21. The Kier molecular flexibility index (Phi) is 5.83. The first-order valence-electron chi connectivity index (χ1n) is 6.90. The number of hydrogen-bond donors (Lipinski definition) is 2. The van der Waals surface area contributed by atoms with Crippen molar-refractivity contribution in [3.63, 3.8) is 0 Å². The lowest BCUT2D eigenvalue weighted by atomic mass is 9.90. The van der Waals surface area contributed by atoms with Crippen molar-refractivity contribution >= 4 is 0 Å². The zero-order valence-corrected chi connectivity index (χ0v) is 12.6. The van der Waals surface area contributed by atoms with Crippen LogP contribution in [0.1, 0.15) is 57.1 Å². The molecule has 0 heterocycles. The third kappa shape index (κ3) is 4.22. The lowest BCUT2D eigenvalue weighted by Gasteiger charge is -2.21. The van der Waals surface area contributed by atoms with Crippen LogP contribution in [0, 0.1) is 0 Å². The molecule has 108 valence electrons. The van der Waals surface area contributed by atoms with Crippen LogP contribution in [0.15, 0.2) is 18.2 Å². The zero-order valence-electron chi connectivity index (χ0n) is 12.6. The Morgan fingerprint density at radius 2 is 1.74 bits per heavy atom. The van der Waals surface area contributed by atoms with E-state index in [1.807, 2.05) is 12.1 Å². The molecule has 0 aliphatic rings. The normalized spacial score (nSPS) is 16.2. The second-order valence-corrected chi connectivity index (χ2v) is 5.60. The Balaban J connectivity index is 2.92. The van der Waals surface area contributed by atoms with Crippen molar-refractivity contribution in [3.05, 3.63) is 29.3 Å². The van der Waals surface area contributed by atoms with Crippen LogP contribution in [0.4, 0.5) is 0 Å². The van der Waals surface area contributed by atoms with E-state index < -0.39 is 12.2 Å². The topological polar surface area (TPSA) is 49.7 Å². The fourth-order valence-electron chi connectivity index (χ4n) is 2.21. The van der Waals surface area contributed by atoms with Crippen molar-refractivity contribution in [2.45, 2.75) is 58.2 Å². The molecule has 0 spiro atoms. The maximum absolute atomic E-state index is 9.76. The van der Waals surface area contributed by atoms with Crippen molar-refractivity contribution in [3.8, 4) is 5.75 Å². The highest BCUT2D eigenvalue weighted by Gasteiger charge is 2.18. The van der Waals surface area contributed by atoms with Gasteiger partial charge in [-0.1, -0.05) is 32.9 Å². The van der Waals surface area contributed by atoms with Crippen LogP contribution in [-0.2, 0) is 0 Å². The zero-order chi connectivity index (χ0) is 14.6. The molecule has 0 amide bonds. The molecule has 2 N–H and O–H groups in total. The van der Waals surface area contributed by atoms with E-state index in [1.165, 1.54) is 11.1 Å². The van der Waals surface area contributed by atoms with Crippen molar-refractivity contribution in [1.29, 1.82) is 0 Å². The Bertz CT molecular complexity index is 399. The smallest absolute Gasteiger partial charge is 0.122 e. The Morgan fingerprint density at radius 3 is 2.21 bits per heavy atom. The van der Waals surface area contributed by atoms with E-state index in [4.69, 9.17) is 4.74 Å². The molecule has 3 nitrogen and oxygen atoms in total. The molecule has 0 saturated carbocycles. The molecule has 3 heteroatoms. The van der Waals surface area contributed by atoms with Crippen LogP contribution >= 0.6 is 0 Å². The van der Waals surface area contributed by atoms with Gasteiger partial charge in [-0.2, -0.15) is 0 Å². The number of benzene rings is 1. The van der Waals surface area contributed by atoms with Gasteiger partial charge in [0.2, 0.25) is 0 Å². The van der Waals surface area contributed by atoms with Crippen LogP contribution < -0.4 is 4.74 Å². The number of aliphatic hydroxyl groups is 2. The molecule has 0 saturated heterocycles. The van der Waals surface area contributed by atoms with Gasteiger partial charge in [0.05, 0.1) is 19.3 Å². The highest BCUT2D eigenvalue weighted by molar-refractivity contribution is 5.40. The first kappa shape index (κ1) is 16.0. The minimum absolute atomic E-state index is 0.202. The van der Waals surface area contributed by atoms with Crippen LogP contribution in [0.5, 0.6) is 5.75 Å². The molecule has 3 atom stereocenters. The molecule has 1 rings (SSSR count). The van der Waals surface area contributed by atoms with Gasteiger partial charge in [-0.25, -0.2) is 0 Å². The average molecular weight is 266 g/mol. The summed E-state index contributed by atoms with van der Waals surface area (Å²) in [5.41, 5.74) is 2.35. The Hall–Kier alpha value is -1.06. The quantitative estimate of drug-likeness (QED) is 0.832. The van der Waals surface area contributed by atoms with Crippen molar-refractivity contribution < 1.29 is 14.9 Å². The minimum Gasteiger partial charge on any atom is -0.496 e. The molecule has 1 aromatic carbocycles. The molecule has 0 bridgehead atoms. The minimum atomic E-state index is -0.690. The summed E-state index contributed by atoms with van der Waals surface area (Å²) in [6, 6.07) is 6.16. The number of rotatable bonds is 6. The van der Waals surface area contributed by atoms with Crippen LogP contribution in [0.25, 0.3) is 0 Å². The molecule has 0 radical (unpaired) electrons. The predicted octanol–water partition coefficient (Wildman–Crippen LogP) is 3.05. The lowest BCUT2D eigenvalue weighted by molar-refractivity contribution is 0.0227. The molecular formula is C16H26O3. The molecule has 3 unspecified atom stereocenters. The van der Waals surface area contributed by atoms with Gasteiger partial charge in [-0.3, -0.25) is 0 Å². The van der Waals surface area contributed by atoms with Gasteiger partial charge in [0.1, 0.15) is 5.75 Å². The van der Waals surface area contributed by atoms with E-state index >= 15 is 0 Å². The Labute approximate surface area is 116 Å². The van der Waals surface area contributed by atoms with Crippen LogP contribution in [0.3, 0.4) is 0 Å². The molecule has 0 aliphatic heterocycles. The van der Waals surface area contributed by atoms with Crippen LogP contribution in [0.2, 0.25) is 0 Å². The van der Waals surface area contributed by atoms with Gasteiger partial charge < -0.3 is 14.9 Å². The number of aliphatic hydroxyl groups excluding tert-OH is 2. The Morgan fingerprint density at radius 1 is 1.11 bits per heavy atom. The highest BCUT2D eigenvalue weighted by atomic mass is 16.5. The second kappa shape index (κ2) is 6.92. The number of hydrogen-bond acceptors (Lipinski definition) is 3. The van der Waals surface area contributed by atoms with E-state index in [0.717, 1.165) is 5.75 Å². The van der Waals surface area contributed by atoms with E-state index in [9.17, 15) is 10.2 Å². The standard InChI is InChI=1S/C16H26O3/c1-10(2)14-9-13(6-7-16(14)19-5)11(3)8-15(18)12(4)17/h6-7,9-12,15,17-18H,8H2,1-5H3. The maximum atomic E-state index is 9.76. The van der Waals surface area contributed by atoms with Gasteiger partial charge >= 0.3 is 0 Å². The second-order valence-electron chi connectivity index (χ2n) is 5.60. The number of methoxy groups -OCH3 is 1. The summed E-state index contributed by atoms with van der Waals surface area (Å²) in [6.45, 7) is 7.95. The van der Waals surface area contributed by atoms with E-state index in [-0.39, 0.29) is 5.92 Å². The van der Waals surface area contributed by atoms with E-state index in [1.54, 1.807) is 14.0 Å². The monoisotopic (exact) mass is 266 g/mol. The molecular weight excluding hydrogens is 240 g/mol. The molecule has 0 aromatic heterocycles. The van der Waals surface area contributed by atoms with Crippen molar-refractivity contribution in [2.24, 2.45) is 0 Å². The van der Waals surface area contributed by atoms with Gasteiger partial charge in [-0.05, 0) is 42.4 Å². The third-order valence-corrected chi connectivity index (χ3v) is 3.60. The fraction of sp³-hybridized carbons (Fsp3) is 0.625. The largest absolute Gasteiger partial charge is 0.496 e. The third-order valence-electron chi connectivity index (χ3n) is 3.60. The first-order chi connectivity index (χ1) is 8.86. The van der Waals surface area contributed by atoms with Gasteiger partial charge in [0, 0.05) is 0 Å². The highest BCUT2D eigenvalue weighted by Crippen LogP contribution is 2.31. The summed E-state index contributed by atoms with van der Waals surface area (Å²) in [6.07, 6.45) is -0.813. The van der Waals surface area contributed by atoms with E-state index in [2.05, 4.69) is 26.8 Å². The van der Waals surface area contributed by atoms with Crippen molar-refractivity contribution in [2.75, 3.05) is 7.11 Å². The molecule has 0 aliphatic carbocycles. The summed E-state index contributed by atoms with van der Waals surface area (Å²) in [5, 5.41) is 19.1. The molecule has 19 heavy (non-hydrogen) atoms.